The SMILES string of the molecule is COc1ccc(C2SC=C(C(=O)OC(C)(C)C)c3ccoc32)cc1. The average Bonchev–Trinajstić information content (AvgIpc) is 3.02. The third-order valence-electron chi connectivity index (χ3n) is 3.58. The summed E-state index contributed by atoms with van der Waals surface area (Å²) >= 11 is 1.54. The molecule has 0 spiro atoms. The number of hydrogen-bond donors (Lipinski definition) is 0. The number of carbonyl (C=O) groups is 1. The van der Waals surface area contributed by atoms with Gasteiger partial charge in [0.2, 0.25) is 0 Å². The fraction of sp³-hybridized carbons (Fsp3) is 0.316. The van der Waals surface area contributed by atoms with Gasteiger partial charge in [-0.25, -0.2) is 4.79 Å². The van der Waals surface area contributed by atoms with E-state index >= 15 is 0 Å². The van der Waals surface area contributed by atoms with E-state index in [9.17, 15) is 4.79 Å². The monoisotopic (exact) mass is 344 g/mol. The molecule has 24 heavy (non-hydrogen) atoms. The molecule has 4 nitrogen and oxygen atoms in total. The van der Waals surface area contributed by atoms with Crippen molar-refractivity contribution in [1.82, 2.24) is 0 Å². The van der Waals surface area contributed by atoms with E-state index in [1.807, 2.05) is 56.5 Å². The predicted octanol–water partition coefficient (Wildman–Crippen LogP) is 4.81. The highest BCUT2D eigenvalue weighted by Gasteiger charge is 2.32. The first-order chi connectivity index (χ1) is 11.4. The van der Waals surface area contributed by atoms with Gasteiger partial charge in [-0.05, 0) is 49.9 Å². The van der Waals surface area contributed by atoms with Crippen LogP contribution in [0.15, 0.2) is 46.4 Å². The van der Waals surface area contributed by atoms with Crippen LogP contribution in [0.5, 0.6) is 5.75 Å². The van der Waals surface area contributed by atoms with Crippen LogP contribution in [0.25, 0.3) is 5.57 Å². The van der Waals surface area contributed by atoms with Crippen LogP contribution in [-0.4, -0.2) is 18.7 Å². The summed E-state index contributed by atoms with van der Waals surface area (Å²) < 4.78 is 16.4. The highest BCUT2D eigenvalue weighted by Crippen LogP contribution is 2.46. The van der Waals surface area contributed by atoms with E-state index in [-0.39, 0.29) is 11.2 Å². The van der Waals surface area contributed by atoms with Crippen molar-refractivity contribution in [2.75, 3.05) is 7.11 Å². The van der Waals surface area contributed by atoms with E-state index in [1.54, 1.807) is 25.1 Å². The van der Waals surface area contributed by atoms with Crippen molar-refractivity contribution in [2.24, 2.45) is 0 Å². The fourth-order valence-corrected chi connectivity index (χ4v) is 3.62. The zero-order chi connectivity index (χ0) is 17.3. The summed E-state index contributed by atoms with van der Waals surface area (Å²) in [6, 6.07) is 9.68. The molecule has 126 valence electrons. The smallest absolute Gasteiger partial charge is 0.339 e. The molecule has 1 aliphatic heterocycles. The fourth-order valence-electron chi connectivity index (χ4n) is 2.51. The largest absolute Gasteiger partial charge is 0.497 e. The Labute approximate surface area is 145 Å². The second-order valence-electron chi connectivity index (χ2n) is 6.52. The Morgan fingerprint density at radius 2 is 1.88 bits per heavy atom. The van der Waals surface area contributed by atoms with Gasteiger partial charge in [0, 0.05) is 5.56 Å². The zero-order valence-corrected chi connectivity index (χ0v) is 15.0. The molecular formula is C19H20O4S. The first-order valence-corrected chi connectivity index (χ1v) is 8.64. The molecule has 0 bridgehead atoms. The van der Waals surface area contributed by atoms with Crippen molar-refractivity contribution < 1.29 is 18.7 Å². The van der Waals surface area contributed by atoms with Gasteiger partial charge in [-0.2, -0.15) is 0 Å². The van der Waals surface area contributed by atoms with Gasteiger partial charge in [0.25, 0.3) is 0 Å². The quantitative estimate of drug-likeness (QED) is 0.748. The topological polar surface area (TPSA) is 48.7 Å². The number of methoxy groups -OCH3 is 1. The zero-order valence-electron chi connectivity index (χ0n) is 14.2. The molecule has 5 heteroatoms. The maximum Gasteiger partial charge on any atom is 0.339 e. The summed E-state index contributed by atoms with van der Waals surface area (Å²) in [5.41, 5.74) is 1.91. The van der Waals surface area contributed by atoms with Crippen molar-refractivity contribution in [1.29, 1.82) is 0 Å². The van der Waals surface area contributed by atoms with E-state index < -0.39 is 5.60 Å². The van der Waals surface area contributed by atoms with Crippen LogP contribution in [0.3, 0.4) is 0 Å². The van der Waals surface area contributed by atoms with E-state index in [0.717, 1.165) is 22.6 Å². The number of carbonyl (C=O) groups excluding carboxylic acids is 1. The Morgan fingerprint density at radius 3 is 2.50 bits per heavy atom. The van der Waals surface area contributed by atoms with Gasteiger partial charge in [-0.3, -0.25) is 0 Å². The van der Waals surface area contributed by atoms with Crippen LogP contribution in [0.2, 0.25) is 0 Å². The van der Waals surface area contributed by atoms with Crippen LogP contribution in [0.1, 0.15) is 42.9 Å². The molecule has 0 N–H and O–H groups in total. The number of hydrogen-bond acceptors (Lipinski definition) is 5. The number of benzene rings is 1. The Morgan fingerprint density at radius 1 is 1.17 bits per heavy atom. The molecule has 2 heterocycles. The molecule has 1 aliphatic rings. The van der Waals surface area contributed by atoms with Crippen molar-refractivity contribution in [3.05, 3.63) is 58.9 Å². The lowest BCUT2D eigenvalue weighted by atomic mass is 10.0. The summed E-state index contributed by atoms with van der Waals surface area (Å²) in [5.74, 6) is 1.25. The van der Waals surface area contributed by atoms with Crippen LogP contribution < -0.4 is 4.74 Å². The summed E-state index contributed by atoms with van der Waals surface area (Å²) in [4.78, 5) is 12.4. The number of fused-ring (bicyclic) bond motifs is 1. The van der Waals surface area contributed by atoms with E-state index in [1.165, 1.54) is 0 Å². The van der Waals surface area contributed by atoms with Crippen molar-refractivity contribution in [3.63, 3.8) is 0 Å². The molecule has 3 rings (SSSR count). The second-order valence-corrected chi connectivity index (χ2v) is 7.50. The van der Waals surface area contributed by atoms with Gasteiger partial charge in [-0.1, -0.05) is 12.1 Å². The lowest BCUT2D eigenvalue weighted by molar-refractivity contribution is -0.147. The summed E-state index contributed by atoms with van der Waals surface area (Å²) in [5, 5.41) is 1.87. The standard InChI is InChI=1S/C19H20O4S/c1-19(2,3)23-18(20)15-11-24-17(16-14(15)9-10-22-16)12-5-7-13(21-4)8-6-12/h5-11,17H,1-4H3. The minimum absolute atomic E-state index is 0.00657. The summed E-state index contributed by atoms with van der Waals surface area (Å²) in [6.07, 6.45) is 1.62. The number of thioether (sulfide) groups is 1. The van der Waals surface area contributed by atoms with Crippen molar-refractivity contribution >= 4 is 23.3 Å². The molecule has 0 amide bonds. The summed E-state index contributed by atoms with van der Waals surface area (Å²) in [7, 11) is 1.64. The lowest BCUT2D eigenvalue weighted by Crippen LogP contribution is -2.25. The third kappa shape index (κ3) is 3.36. The normalized spacial score (nSPS) is 17.0. The van der Waals surface area contributed by atoms with Crippen LogP contribution in [-0.2, 0) is 9.53 Å². The Hall–Kier alpha value is -2.14. The number of rotatable bonds is 3. The van der Waals surface area contributed by atoms with E-state index in [0.29, 0.717) is 5.57 Å². The number of esters is 1. The van der Waals surface area contributed by atoms with Gasteiger partial charge in [0.15, 0.2) is 0 Å². The van der Waals surface area contributed by atoms with E-state index in [2.05, 4.69) is 0 Å². The third-order valence-corrected chi connectivity index (χ3v) is 4.71. The molecule has 1 atom stereocenters. The van der Waals surface area contributed by atoms with Gasteiger partial charge >= 0.3 is 5.97 Å². The molecule has 1 aromatic carbocycles. The highest BCUT2D eigenvalue weighted by molar-refractivity contribution is 8.02. The molecule has 0 aliphatic carbocycles. The first-order valence-electron chi connectivity index (χ1n) is 7.70. The molecule has 0 fully saturated rings. The second kappa shape index (κ2) is 6.40. The van der Waals surface area contributed by atoms with Gasteiger partial charge in [0.1, 0.15) is 17.1 Å². The Kier molecular flexibility index (Phi) is 4.45. The van der Waals surface area contributed by atoms with Gasteiger partial charge < -0.3 is 13.9 Å². The number of ether oxygens (including phenoxy) is 2. The molecule has 0 saturated carbocycles. The summed E-state index contributed by atoms with van der Waals surface area (Å²) in [6.45, 7) is 5.58. The predicted molar refractivity (Wildman–Crippen MR) is 95.0 cm³/mol. The van der Waals surface area contributed by atoms with Crippen molar-refractivity contribution in [3.8, 4) is 5.75 Å². The average molecular weight is 344 g/mol. The first kappa shape index (κ1) is 16.7. The maximum absolute atomic E-state index is 12.4. The maximum atomic E-state index is 12.4. The Bertz CT molecular complexity index is 765. The van der Waals surface area contributed by atoms with Gasteiger partial charge in [0.05, 0.1) is 24.2 Å². The number of furan rings is 1. The Balaban J connectivity index is 1.90. The van der Waals surface area contributed by atoms with Gasteiger partial charge in [-0.15, -0.1) is 11.8 Å². The minimum Gasteiger partial charge on any atom is -0.497 e. The van der Waals surface area contributed by atoms with Crippen LogP contribution >= 0.6 is 11.8 Å². The highest BCUT2D eigenvalue weighted by atomic mass is 32.2. The molecule has 1 unspecified atom stereocenters. The molecule has 2 aromatic rings. The van der Waals surface area contributed by atoms with Crippen LogP contribution in [0.4, 0.5) is 0 Å². The lowest BCUT2D eigenvalue weighted by Gasteiger charge is -2.24. The minimum atomic E-state index is -0.528. The van der Waals surface area contributed by atoms with Crippen molar-refractivity contribution in [2.45, 2.75) is 31.6 Å². The molecule has 0 saturated heterocycles. The molecule has 0 radical (unpaired) electrons. The van der Waals surface area contributed by atoms with Crippen LogP contribution in [0, 0.1) is 0 Å². The molecular weight excluding hydrogens is 324 g/mol. The van der Waals surface area contributed by atoms with E-state index in [4.69, 9.17) is 13.9 Å². The molecule has 1 aromatic heterocycles.